The standard InChI is InChI=1S/C71H32F3N11/c1-40-3-2-4-63(71(72,73)74)69(40)61-21-22-64(84-65-27-45(53-13-5-41(31-75)23-49(53)35-79)9-17-57(65)58-18-10-46(28-66(58)84)54-14-6-42(32-76)24-50(54)36-80)62(39-83)70(61)85-67-29-47(55-15-7-43(33-77)25-51(55)37-81)11-19-59(67)60-20-12-48(30-68(60)85)56-16-8-44(34-78)26-52(56)38-82/h2-30H,1H3. The summed E-state index contributed by atoms with van der Waals surface area (Å²) in [5, 5.41) is 95.7. The summed E-state index contributed by atoms with van der Waals surface area (Å²) in [6.07, 6.45) is -4.90. The van der Waals surface area contributed by atoms with Crippen molar-refractivity contribution in [3.8, 4) is 122 Å². The molecule has 0 aliphatic carbocycles. The Bertz CT molecular complexity index is 5120. The zero-order valence-corrected chi connectivity index (χ0v) is 44.3. The Balaban J connectivity index is 1.28. The Hall–Kier alpha value is -13.0. The van der Waals surface area contributed by atoms with Crippen LogP contribution < -0.4 is 0 Å². The Morgan fingerprint density at radius 1 is 0.341 bits per heavy atom. The van der Waals surface area contributed by atoms with Crippen molar-refractivity contribution in [2.24, 2.45) is 0 Å². The van der Waals surface area contributed by atoms with Crippen molar-refractivity contribution in [3.05, 3.63) is 237 Å². The molecule has 12 rings (SSSR count). The van der Waals surface area contributed by atoms with Gasteiger partial charge in [-0.05, 0) is 147 Å². The van der Waals surface area contributed by atoms with E-state index in [1.165, 1.54) is 30.3 Å². The van der Waals surface area contributed by atoms with E-state index >= 15 is 13.2 Å². The Kier molecular flexibility index (Phi) is 12.8. The van der Waals surface area contributed by atoms with Crippen LogP contribution >= 0.6 is 0 Å². The molecule has 2 heterocycles. The van der Waals surface area contributed by atoms with Gasteiger partial charge >= 0.3 is 6.18 Å². The SMILES string of the molecule is Cc1cccc(C(F)(F)F)c1-c1ccc(-n2c3cc(-c4ccc(C#N)cc4C#N)ccc3c3ccc(-c4ccc(C#N)cc4C#N)cc32)c(C#N)c1-n1c2cc(-c3ccc(C#N)cc3C#N)ccc2c2ccc(-c3ccc(C#N)cc3C#N)cc21. The summed E-state index contributed by atoms with van der Waals surface area (Å²) in [7, 11) is 0. The lowest BCUT2D eigenvalue weighted by atomic mass is 9.90. The summed E-state index contributed by atoms with van der Waals surface area (Å²) in [5.41, 5.74) is 6.82. The Morgan fingerprint density at radius 3 is 1.00 bits per heavy atom. The number of halogens is 3. The highest BCUT2D eigenvalue weighted by atomic mass is 19.4. The molecule has 0 aliphatic heterocycles. The highest BCUT2D eigenvalue weighted by Gasteiger charge is 2.36. The van der Waals surface area contributed by atoms with E-state index in [1.54, 1.807) is 102 Å². The molecule has 85 heavy (non-hydrogen) atoms. The molecule has 11 nitrogen and oxygen atoms in total. The van der Waals surface area contributed by atoms with Gasteiger partial charge in [0.2, 0.25) is 0 Å². The molecule has 10 aromatic carbocycles. The van der Waals surface area contributed by atoms with Gasteiger partial charge < -0.3 is 9.13 Å². The number of benzene rings is 10. The predicted octanol–water partition coefficient (Wildman–Crippen LogP) is 16.4. The fourth-order valence-corrected chi connectivity index (χ4v) is 11.6. The molecule has 0 radical (unpaired) electrons. The number of rotatable bonds is 7. The van der Waals surface area contributed by atoms with Crippen molar-refractivity contribution >= 4 is 43.6 Å². The smallest absolute Gasteiger partial charge is 0.308 e. The summed E-state index contributed by atoms with van der Waals surface area (Å²) in [5.74, 6) is 0. The number of aryl methyl sites for hydroxylation is 1. The molecular weight excluding hydrogens is 1060 g/mol. The fraction of sp³-hybridized carbons (Fsp3) is 0.0282. The molecule has 0 atom stereocenters. The van der Waals surface area contributed by atoms with Gasteiger partial charge in [-0.1, -0.05) is 91.0 Å². The molecule has 14 heteroatoms. The van der Waals surface area contributed by atoms with Crippen LogP contribution in [-0.4, -0.2) is 9.13 Å². The summed E-state index contributed by atoms with van der Waals surface area (Å²) >= 11 is 0. The molecule has 0 amide bonds. The average molecular weight is 1100 g/mol. The summed E-state index contributed by atoms with van der Waals surface area (Å²) in [6.45, 7) is 1.56. The van der Waals surface area contributed by atoms with Gasteiger partial charge in [-0.3, -0.25) is 0 Å². The molecule has 12 aromatic rings. The summed E-state index contributed by atoms with van der Waals surface area (Å²) in [4.78, 5) is 0. The van der Waals surface area contributed by atoms with Gasteiger partial charge in [0.05, 0.1) is 132 Å². The largest absolute Gasteiger partial charge is 0.417 e. The molecule has 2 aromatic heterocycles. The lowest BCUT2D eigenvalue weighted by Crippen LogP contribution is -2.11. The van der Waals surface area contributed by atoms with Gasteiger partial charge in [0, 0.05) is 27.1 Å². The van der Waals surface area contributed by atoms with E-state index in [-0.39, 0.29) is 78.1 Å². The van der Waals surface area contributed by atoms with Crippen LogP contribution in [0.5, 0.6) is 0 Å². The molecular formula is C71H32F3N11. The third kappa shape index (κ3) is 8.62. The van der Waals surface area contributed by atoms with E-state index in [9.17, 15) is 47.4 Å². The van der Waals surface area contributed by atoms with Gasteiger partial charge in [-0.2, -0.15) is 60.5 Å². The monoisotopic (exact) mass is 1100 g/mol. The van der Waals surface area contributed by atoms with Crippen LogP contribution in [0.1, 0.15) is 61.2 Å². The first-order chi connectivity index (χ1) is 41.3. The van der Waals surface area contributed by atoms with E-state index < -0.39 is 11.7 Å². The van der Waals surface area contributed by atoms with E-state index in [4.69, 9.17) is 0 Å². The molecule has 0 spiro atoms. The number of alkyl halides is 3. The van der Waals surface area contributed by atoms with Gasteiger partial charge in [0.1, 0.15) is 11.6 Å². The second-order valence-corrected chi connectivity index (χ2v) is 20.0. The molecule has 0 saturated carbocycles. The maximum Gasteiger partial charge on any atom is 0.417 e. The first-order valence-corrected chi connectivity index (χ1v) is 26.0. The van der Waals surface area contributed by atoms with Crippen molar-refractivity contribution < 1.29 is 13.2 Å². The van der Waals surface area contributed by atoms with Gasteiger partial charge in [-0.15, -0.1) is 0 Å². The topological polar surface area (TPSA) is 224 Å². The number of hydrogen-bond donors (Lipinski definition) is 0. The maximum atomic E-state index is 15.8. The Labute approximate surface area is 482 Å². The van der Waals surface area contributed by atoms with Gasteiger partial charge in [-0.25, -0.2) is 0 Å². The number of fused-ring (bicyclic) bond motifs is 6. The fourth-order valence-electron chi connectivity index (χ4n) is 11.6. The zero-order chi connectivity index (χ0) is 59.4. The third-order valence-electron chi connectivity index (χ3n) is 15.4. The second kappa shape index (κ2) is 20.6. The molecule has 0 unspecified atom stereocenters. The van der Waals surface area contributed by atoms with E-state index in [0.717, 1.165) is 6.07 Å². The lowest BCUT2D eigenvalue weighted by molar-refractivity contribution is -0.137. The van der Waals surface area contributed by atoms with Crippen molar-refractivity contribution in [2.45, 2.75) is 13.1 Å². The van der Waals surface area contributed by atoms with Crippen molar-refractivity contribution in [1.29, 1.82) is 47.4 Å². The molecule has 392 valence electrons. The van der Waals surface area contributed by atoms with Crippen molar-refractivity contribution in [2.75, 3.05) is 0 Å². The van der Waals surface area contributed by atoms with Gasteiger partial charge in [0.15, 0.2) is 0 Å². The van der Waals surface area contributed by atoms with E-state index in [0.29, 0.717) is 88.1 Å². The van der Waals surface area contributed by atoms with Crippen LogP contribution in [0.3, 0.4) is 0 Å². The quantitative estimate of drug-likeness (QED) is 0.148. The minimum Gasteiger partial charge on any atom is -0.308 e. The molecule has 0 fully saturated rings. The van der Waals surface area contributed by atoms with Crippen molar-refractivity contribution in [3.63, 3.8) is 0 Å². The average Bonchev–Trinajstić information content (AvgIpc) is 1.79. The van der Waals surface area contributed by atoms with Gasteiger partial charge in [0.25, 0.3) is 0 Å². The van der Waals surface area contributed by atoms with Crippen LogP contribution in [0, 0.1) is 109 Å². The minimum absolute atomic E-state index is 0.0159. The number of aromatic nitrogens is 2. The lowest BCUT2D eigenvalue weighted by Gasteiger charge is -2.23. The number of nitriles is 9. The summed E-state index contributed by atoms with van der Waals surface area (Å²) in [6, 6.07) is 67.4. The molecule has 0 saturated heterocycles. The van der Waals surface area contributed by atoms with Crippen LogP contribution in [-0.2, 0) is 6.18 Å². The minimum atomic E-state index is -4.90. The summed E-state index contributed by atoms with van der Waals surface area (Å²) < 4.78 is 50.9. The molecule has 0 aliphatic rings. The number of nitrogens with zero attached hydrogens (tertiary/aromatic N) is 11. The van der Waals surface area contributed by atoms with E-state index in [1.807, 2.05) is 53.1 Å². The highest BCUT2D eigenvalue weighted by molar-refractivity contribution is 6.14. The first-order valence-electron chi connectivity index (χ1n) is 26.0. The zero-order valence-electron chi connectivity index (χ0n) is 44.3. The van der Waals surface area contributed by atoms with Crippen LogP contribution in [0.15, 0.2) is 176 Å². The maximum absolute atomic E-state index is 15.8. The highest BCUT2D eigenvalue weighted by Crippen LogP contribution is 2.48. The molecule has 0 N–H and O–H groups in total. The normalized spacial score (nSPS) is 11.0. The predicted molar refractivity (Wildman–Crippen MR) is 314 cm³/mol. The second-order valence-electron chi connectivity index (χ2n) is 20.0. The van der Waals surface area contributed by atoms with Crippen molar-refractivity contribution in [1.82, 2.24) is 9.13 Å². The van der Waals surface area contributed by atoms with Crippen LogP contribution in [0.2, 0.25) is 0 Å². The van der Waals surface area contributed by atoms with Crippen LogP contribution in [0.25, 0.3) is 111 Å². The Morgan fingerprint density at radius 2 is 0.682 bits per heavy atom. The molecule has 0 bridgehead atoms. The van der Waals surface area contributed by atoms with E-state index in [2.05, 4.69) is 54.6 Å². The third-order valence-corrected chi connectivity index (χ3v) is 15.4. The number of hydrogen-bond acceptors (Lipinski definition) is 9. The van der Waals surface area contributed by atoms with Crippen LogP contribution in [0.4, 0.5) is 13.2 Å². The first kappa shape index (κ1) is 52.7.